The van der Waals surface area contributed by atoms with E-state index in [2.05, 4.69) is 12.6 Å². The van der Waals surface area contributed by atoms with Crippen molar-refractivity contribution in [3.05, 3.63) is 62.7 Å². The molecule has 0 N–H and O–H groups in total. The third-order valence-corrected chi connectivity index (χ3v) is 2.97. The van der Waals surface area contributed by atoms with Gasteiger partial charge in [-0.15, -0.1) is 12.6 Å². The molecule has 0 saturated carbocycles. The Labute approximate surface area is 113 Å². The first kappa shape index (κ1) is 13.0. The van der Waals surface area contributed by atoms with Crippen LogP contribution in [-0.2, 0) is 0 Å². The molecule has 0 aliphatic carbocycles. The van der Waals surface area contributed by atoms with Gasteiger partial charge in [0.25, 0.3) is 11.4 Å². The average molecular weight is 276 g/mol. The summed E-state index contributed by atoms with van der Waals surface area (Å²) in [6.45, 7) is 0. The molecule has 2 aromatic carbocycles. The van der Waals surface area contributed by atoms with E-state index in [1.807, 2.05) is 0 Å². The second kappa shape index (κ2) is 5.07. The Morgan fingerprint density at radius 3 is 2.16 bits per heavy atom. The van der Waals surface area contributed by atoms with Gasteiger partial charge in [-0.2, -0.15) is 0 Å². The van der Waals surface area contributed by atoms with Crippen LogP contribution in [-0.4, -0.2) is 9.85 Å². The zero-order valence-electron chi connectivity index (χ0n) is 9.52. The smallest absolute Gasteiger partial charge is 0.258 e. The molecule has 0 aliphatic rings. The largest absolute Gasteiger partial charge is 0.284 e. The van der Waals surface area contributed by atoms with Gasteiger partial charge in [0, 0.05) is 16.5 Å². The first-order valence-electron chi connectivity index (χ1n) is 5.22. The number of rotatable bonds is 3. The lowest BCUT2D eigenvalue weighted by molar-refractivity contribution is -0.393. The van der Waals surface area contributed by atoms with Gasteiger partial charge in [0.1, 0.15) is 0 Å². The van der Waals surface area contributed by atoms with Crippen molar-refractivity contribution in [2.45, 2.75) is 4.90 Å². The molecule has 0 spiro atoms. The van der Waals surface area contributed by atoms with Crippen LogP contribution in [0.15, 0.2) is 47.4 Å². The Bertz CT molecular complexity index is 673. The number of hydrogen-bond acceptors (Lipinski definition) is 5. The summed E-state index contributed by atoms with van der Waals surface area (Å²) in [6.07, 6.45) is 0. The Morgan fingerprint density at radius 2 is 1.58 bits per heavy atom. The van der Waals surface area contributed by atoms with E-state index < -0.39 is 9.85 Å². The Balaban J connectivity index is 2.67. The standard InChI is InChI=1S/C12H8N2O4S/c15-13(16)8-5-6-9(11(7-8)14(17)18)10-3-1-2-4-12(10)19/h1-7,19H. The van der Waals surface area contributed by atoms with Crippen LogP contribution in [0.25, 0.3) is 11.1 Å². The fraction of sp³-hybridized carbons (Fsp3) is 0. The maximum Gasteiger partial charge on any atom is 0.284 e. The lowest BCUT2D eigenvalue weighted by atomic mass is 10.0. The molecule has 2 rings (SSSR count). The average Bonchev–Trinajstić information content (AvgIpc) is 2.38. The second-order valence-electron chi connectivity index (χ2n) is 3.73. The molecule has 2 aromatic rings. The van der Waals surface area contributed by atoms with Gasteiger partial charge in [0.05, 0.1) is 21.5 Å². The maximum atomic E-state index is 11.0. The molecular formula is C12H8N2O4S. The summed E-state index contributed by atoms with van der Waals surface area (Å²) < 4.78 is 0. The number of nitro groups is 2. The van der Waals surface area contributed by atoms with Crippen molar-refractivity contribution >= 4 is 24.0 Å². The SMILES string of the molecule is O=[N+]([O-])c1ccc(-c2ccccc2S)c([N+](=O)[O-])c1. The quantitative estimate of drug-likeness (QED) is 0.528. The molecule has 0 heterocycles. The highest BCUT2D eigenvalue weighted by Crippen LogP contribution is 2.35. The molecule has 0 amide bonds. The minimum Gasteiger partial charge on any atom is -0.258 e. The first-order chi connectivity index (χ1) is 9.00. The predicted octanol–water partition coefficient (Wildman–Crippen LogP) is 3.46. The van der Waals surface area contributed by atoms with Gasteiger partial charge in [-0.05, 0) is 12.1 Å². The van der Waals surface area contributed by atoms with E-state index in [0.717, 1.165) is 6.07 Å². The number of non-ortho nitro benzene ring substituents is 1. The number of thiol groups is 1. The number of benzene rings is 2. The van der Waals surface area contributed by atoms with E-state index in [-0.39, 0.29) is 11.4 Å². The molecule has 7 heteroatoms. The molecule has 0 unspecified atom stereocenters. The first-order valence-corrected chi connectivity index (χ1v) is 5.66. The van der Waals surface area contributed by atoms with Crippen LogP contribution in [0.3, 0.4) is 0 Å². The van der Waals surface area contributed by atoms with Gasteiger partial charge < -0.3 is 0 Å². The highest BCUT2D eigenvalue weighted by atomic mass is 32.1. The summed E-state index contributed by atoms with van der Waals surface area (Å²) in [5, 5.41) is 21.7. The van der Waals surface area contributed by atoms with E-state index in [4.69, 9.17) is 0 Å². The predicted molar refractivity (Wildman–Crippen MR) is 72.4 cm³/mol. The van der Waals surface area contributed by atoms with Gasteiger partial charge in [-0.1, -0.05) is 18.2 Å². The van der Waals surface area contributed by atoms with Gasteiger partial charge in [-0.3, -0.25) is 20.2 Å². The second-order valence-corrected chi connectivity index (χ2v) is 4.21. The summed E-state index contributed by atoms with van der Waals surface area (Å²) >= 11 is 4.23. The molecule has 0 bridgehead atoms. The van der Waals surface area contributed by atoms with E-state index in [0.29, 0.717) is 16.0 Å². The van der Waals surface area contributed by atoms with Crippen LogP contribution in [0.2, 0.25) is 0 Å². The molecule has 0 aliphatic heterocycles. The molecule has 0 atom stereocenters. The fourth-order valence-corrected chi connectivity index (χ4v) is 1.99. The van der Waals surface area contributed by atoms with Gasteiger partial charge in [0.2, 0.25) is 0 Å². The molecule has 6 nitrogen and oxygen atoms in total. The molecule has 0 radical (unpaired) electrons. The van der Waals surface area contributed by atoms with E-state index in [9.17, 15) is 20.2 Å². The zero-order valence-corrected chi connectivity index (χ0v) is 10.4. The topological polar surface area (TPSA) is 86.3 Å². The molecule has 0 aromatic heterocycles. The Hall–Kier alpha value is -2.41. The molecular weight excluding hydrogens is 268 g/mol. The number of nitrogens with zero attached hydrogens (tertiary/aromatic N) is 2. The summed E-state index contributed by atoms with van der Waals surface area (Å²) in [4.78, 5) is 21.0. The molecule has 0 saturated heterocycles. The monoisotopic (exact) mass is 276 g/mol. The van der Waals surface area contributed by atoms with Crippen molar-refractivity contribution in [3.8, 4) is 11.1 Å². The molecule has 0 fully saturated rings. The third kappa shape index (κ3) is 2.55. The summed E-state index contributed by atoms with van der Waals surface area (Å²) in [5.74, 6) is 0. The third-order valence-electron chi connectivity index (χ3n) is 2.58. The minimum absolute atomic E-state index is 0.307. The number of nitro benzene ring substituents is 2. The summed E-state index contributed by atoms with van der Waals surface area (Å²) in [6, 6.07) is 10.4. The van der Waals surface area contributed by atoms with E-state index >= 15 is 0 Å². The van der Waals surface area contributed by atoms with Crippen LogP contribution < -0.4 is 0 Å². The van der Waals surface area contributed by atoms with Crippen molar-refractivity contribution < 1.29 is 9.85 Å². The van der Waals surface area contributed by atoms with Crippen LogP contribution >= 0.6 is 12.6 Å². The van der Waals surface area contributed by atoms with Gasteiger partial charge in [0.15, 0.2) is 0 Å². The molecule has 96 valence electrons. The molecule has 19 heavy (non-hydrogen) atoms. The van der Waals surface area contributed by atoms with Crippen molar-refractivity contribution in [3.63, 3.8) is 0 Å². The van der Waals surface area contributed by atoms with Crippen molar-refractivity contribution in [2.75, 3.05) is 0 Å². The minimum atomic E-state index is -0.663. The summed E-state index contributed by atoms with van der Waals surface area (Å²) in [5.41, 5.74) is 0.247. The lowest BCUT2D eigenvalue weighted by Crippen LogP contribution is -1.95. The van der Waals surface area contributed by atoms with Crippen molar-refractivity contribution in [1.82, 2.24) is 0 Å². The Morgan fingerprint density at radius 1 is 0.895 bits per heavy atom. The maximum absolute atomic E-state index is 11.0. The van der Waals surface area contributed by atoms with E-state index in [1.165, 1.54) is 12.1 Å². The van der Waals surface area contributed by atoms with Crippen LogP contribution in [0.1, 0.15) is 0 Å². The lowest BCUT2D eigenvalue weighted by Gasteiger charge is -2.05. The van der Waals surface area contributed by atoms with Gasteiger partial charge in [-0.25, -0.2) is 0 Å². The van der Waals surface area contributed by atoms with Crippen molar-refractivity contribution in [1.29, 1.82) is 0 Å². The summed E-state index contributed by atoms with van der Waals surface area (Å²) in [7, 11) is 0. The van der Waals surface area contributed by atoms with Crippen LogP contribution in [0, 0.1) is 20.2 Å². The number of hydrogen-bond donors (Lipinski definition) is 1. The Kier molecular flexibility index (Phi) is 3.48. The van der Waals surface area contributed by atoms with Crippen LogP contribution in [0.5, 0.6) is 0 Å². The highest BCUT2D eigenvalue weighted by Gasteiger charge is 2.21. The van der Waals surface area contributed by atoms with Crippen molar-refractivity contribution in [2.24, 2.45) is 0 Å². The van der Waals surface area contributed by atoms with Crippen LogP contribution in [0.4, 0.5) is 11.4 Å². The fourth-order valence-electron chi connectivity index (χ4n) is 1.71. The zero-order chi connectivity index (χ0) is 14.0. The van der Waals surface area contributed by atoms with E-state index in [1.54, 1.807) is 24.3 Å². The highest BCUT2D eigenvalue weighted by molar-refractivity contribution is 7.80. The van der Waals surface area contributed by atoms with Gasteiger partial charge >= 0.3 is 0 Å². The normalized spacial score (nSPS) is 10.2.